The number of H-pyrrole nitrogens is 1. The van der Waals surface area contributed by atoms with Gasteiger partial charge in [0.15, 0.2) is 28.8 Å². The Morgan fingerprint density at radius 1 is 0.932 bits per heavy atom. The largest absolute Gasteiger partial charge is 0.491 e. The number of aromatic nitrogens is 3. The number of ether oxygens (including phenoxy) is 4. The summed E-state index contributed by atoms with van der Waals surface area (Å²) in [7, 11) is 4.44. The molecule has 0 bridgehead atoms. The Kier molecular flexibility index (Phi) is 8.96. The van der Waals surface area contributed by atoms with E-state index in [2.05, 4.69) is 15.0 Å². The van der Waals surface area contributed by atoms with Crippen molar-refractivity contribution in [2.24, 2.45) is 0 Å². The highest BCUT2D eigenvalue weighted by Crippen LogP contribution is 2.35. The maximum atomic E-state index is 15.3. The summed E-state index contributed by atoms with van der Waals surface area (Å²) in [6, 6.07) is 12.8. The summed E-state index contributed by atoms with van der Waals surface area (Å²) in [4.78, 5) is 39.1. The van der Waals surface area contributed by atoms with Gasteiger partial charge in [-0.25, -0.2) is 13.8 Å². The van der Waals surface area contributed by atoms with E-state index in [-0.39, 0.29) is 48.0 Å². The van der Waals surface area contributed by atoms with Crippen LogP contribution >= 0.6 is 0 Å². The van der Waals surface area contributed by atoms with Crippen LogP contribution in [-0.4, -0.2) is 48.7 Å². The Hall–Kier alpha value is -5.16. The number of hydrogen-bond acceptors (Lipinski definition) is 8. The number of pyridine rings is 3. The quantitative estimate of drug-likeness (QED) is 0.184. The van der Waals surface area contributed by atoms with E-state index >= 15 is 4.39 Å². The number of rotatable bonds is 11. The molecule has 0 aliphatic heterocycles. The fraction of sp³-hybridized carbons (Fsp3) is 0.212. The van der Waals surface area contributed by atoms with Crippen LogP contribution in [0.2, 0.25) is 0 Å². The number of nitrogens with one attached hydrogen (secondary N) is 1. The number of hydrogen-bond donors (Lipinski definition) is 1. The zero-order chi connectivity index (χ0) is 31.4. The van der Waals surface area contributed by atoms with Gasteiger partial charge in [-0.05, 0) is 42.3 Å². The van der Waals surface area contributed by atoms with Crippen LogP contribution in [0.4, 0.5) is 8.78 Å². The summed E-state index contributed by atoms with van der Waals surface area (Å²) in [6.45, 7) is 1.98. The zero-order valence-corrected chi connectivity index (χ0v) is 24.5. The first-order chi connectivity index (χ1) is 21.2. The molecule has 0 aliphatic carbocycles. The lowest BCUT2D eigenvalue weighted by atomic mass is 9.94. The summed E-state index contributed by atoms with van der Waals surface area (Å²) in [6.07, 6.45) is 1.53. The molecule has 0 saturated heterocycles. The standard InChI is InChI=1S/C33H29F2N3O6/c1-18-29(20-6-8-21(34)9-7-20)32(40)30(23(37-18)12-14-41-2)25(39)16-19-5-10-26(22(35)15-19)44-27-11-13-36-24-17-28(42-3)33(43-4)38-31(24)27/h5-11,13,15,17H,12,14,16H2,1-4H3,(H,37,40). The molecule has 9 nitrogen and oxygen atoms in total. The lowest BCUT2D eigenvalue weighted by molar-refractivity contribution is 0.0990. The molecule has 5 aromatic rings. The third kappa shape index (κ3) is 6.13. The Morgan fingerprint density at radius 2 is 1.70 bits per heavy atom. The number of aryl methyl sites for hydroxylation is 1. The third-order valence-corrected chi connectivity index (χ3v) is 7.04. The lowest BCUT2D eigenvalue weighted by Crippen LogP contribution is -2.24. The van der Waals surface area contributed by atoms with Gasteiger partial charge in [0, 0.05) is 55.2 Å². The Bertz CT molecular complexity index is 1910. The van der Waals surface area contributed by atoms with Crippen LogP contribution in [0.25, 0.3) is 22.2 Å². The lowest BCUT2D eigenvalue weighted by Gasteiger charge is -2.15. The highest BCUT2D eigenvalue weighted by Gasteiger charge is 2.23. The van der Waals surface area contributed by atoms with Crippen LogP contribution in [0.5, 0.6) is 23.1 Å². The number of ketones is 1. The highest BCUT2D eigenvalue weighted by molar-refractivity contribution is 5.99. The SMILES string of the molecule is COCCc1[nH]c(C)c(-c2ccc(F)cc2)c(=O)c1C(=O)Cc1ccc(Oc2ccnc3cc(OC)c(OC)nc23)c(F)c1. The van der Waals surface area contributed by atoms with Crippen molar-refractivity contribution in [3.8, 4) is 34.3 Å². The molecule has 3 heterocycles. The van der Waals surface area contributed by atoms with E-state index in [0.29, 0.717) is 39.3 Å². The molecule has 0 atom stereocenters. The zero-order valence-electron chi connectivity index (χ0n) is 24.5. The molecule has 1 N–H and O–H groups in total. The Balaban J connectivity index is 1.45. The van der Waals surface area contributed by atoms with Gasteiger partial charge in [-0.3, -0.25) is 14.6 Å². The van der Waals surface area contributed by atoms with Crippen molar-refractivity contribution in [2.75, 3.05) is 27.9 Å². The monoisotopic (exact) mass is 601 g/mol. The predicted molar refractivity (Wildman–Crippen MR) is 160 cm³/mol. The minimum atomic E-state index is -0.717. The first-order valence-corrected chi connectivity index (χ1v) is 13.6. The Labute approximate surface area is 251 Å². The van der Waals surface area contributed by atoms with Crippen molar-refractivity contribution in [1.29, 1.82) is 0 Å². The van der Waals surface area contributed by atoms with Crippen LogP contribution in [0.15, 0.2) is 65.6 Å². The molecule has 3 aromatic heterocycles. The van der Waals surface area contributed by atoms with E-state index in [4.69, 9.17) is 18.9 Å². The number of aromatic amines is 1. The molecule has 0 saturated carbocycles. The number of benzene rings is 2. The second kappa shape index (κ2) is 13.0. The van der Waals surface area contributed by atoms with E-state index in [1.165, 1.54) is 63.9 Å². The van der Waals surface area contributed by atoms with Crippen molar-refractivity contribution in [3.63, 3.8) is 0 Å². The van der Waals surface area contributed by atoms with Crippen LogP contribution in [0.1, 0.15) is 27.3 Å². The van der Waals surface area contributed by atoms with Crippen molar-refractivity contribution < 1.29 is 32.5 Å². The number of Topliss-reactive ketones (excluding diaryl/α,β-unsaturated/α-hetero) is 1. The number of nitrogens with zero attached hydrogens (tertiary/aromatic N) is 2. The first kappa shape index (κ1) is 30.3. The summed E-state index contributed by atoms with van der Waals surface area (Å²) in [5.74, 6) is -0.931. The maximum Gasteiger partial charge on any atom is 0.257 e. The molecule has 226 valence electrons. The second-order valence-electron chi connectivity index (χ2n) is 9.90. The molecular formula is C33H29F2N3O6. The van der Waals surface area contributed by atoms with Gasteiger partial charge < -0.3 is 23.9 Å². The summed E-state index contributed by atoms with van der Waals surface area (Å²) < 4.78 is 50.5. The topological polar surface area (TPSA) is 113 Å². The van der Waals surface area contributed by atoms with Gasteiger partial charge in [-0.1, -0.05) is 18.2 Å². The van der Waals surface area contributed by atoms with E-state index in [0.717, 1.165) is 0 Å². The number of halogens is 2. The molecule has 0 fully saturated rings. The van der Waals surface area contributed by atoms with Gasteiger partial charge in [0.25, 0.3) is 5.88 Å². The maximum absolute atomic E-state index is 15.3. The van der Waals surface area contributed by atoms with E-state index in [9.17, 15) is 14.0 Å². The number of carbonyl (C=O) groups is 1. The van der Waals surface area contributed by atoms with Crippen molar-refractivity contribution >= 4 is 16.8 Å². The predicted octanol–water partition coefficient (Wildman–Crippen LogP) is 6.00. The normalized spacial score (nSPS) is 11.0. The molecule has 0 aliphatic rings. The van der Waals surface area contributed by atoms with Gasteiger partial charge in [-0.15, -0.1) is 0 Å². The Morgan fingerprint density at radius 3 is 2.39 bits per heavy atom. The molecule has 5 rings (SSSR count). The average Bonchev–Trinajstić information content (AvgIpc) is 3.01. The molecule has 0 radical (unpaired) electrons. The van der Waals surface area contributed by atoms with Crippen molar-refractivity contribution in [2.45, 2.75) is 19.8 Å². The van der Waals surface area contributed by atoms with Gasteiger partial charge >= 0.3 is 0 Å². The van der Waals surface area contributed by atoms with E-state index in [1.54, 1.807) is 25.1 Å². The van der Waals surface area contributed by atoms with Crippen LogP contribution in [0.3, 0.4) is 0 Å². The van der Waals surface area contributed by atoms with Gasteiger partial charge in [0.05, 0.1) is 31.9 Å². The molecular weight excluding hydrogens is 572 g/mol. The second-order valence-corrected chi connectivity index (χ2v) is 9.90. The van der Waals surface area contributed by atoms with Gasteiger partial charge in [0.2, 0.25) is 5.43 Å². The molecule has 44 heavy (non-hydrogen) atoms. The fourth-order valence-electron chi connectivity index (χ4n) is 4.95. The fourth-order valence-corrected chi connectivity index (χ4v) is 4.95. The van der Waals surface area contributed by atoms with E-state index in [1.807, 2.05) is 0 Å². The van der Waals surface area contributed by atoms with Gasteiger partial charge in [-0.2, -0.15) is 0 Å². The van der Waals surface area contributed by atoms with Crippen molar-refractivity contribution in [3.05, 3.63) is 105 Å². The first-order valence-electron chi connectivity index (χ1n) is 13.6. The average molecular weight is 602 g/mol. The smallest absolute Gasteiger partial charge is 0.257 e. The summed E-state index contributed by atoms with van der Waals surface area (Å²) >= 11 is 0. The molecule has 0 amide bonds. The number of fused-ring (bicyclic) bond motifs is 1. The van der Waals surface area contributed by atoms with Crippen molar-refractivity contribution in [1.82, 2.24) is 15.0 Å². The van der Waals surface area contributed by atoms with Crippen LogP contribution < -0.4 is 19.6 Å². The molecule has 2 aromatic carbocycles. The van der Waals surface area contributed by atoms with E-state index < -0.39 is 22.8 Å². The molecule has 11 heteroatoms. The summed E-state index contributed by atoms with van der Waals surface area (Å²) in [5, 5.41) is 0. The highest BCUT2D eigenvalue weighted by atomic mass is 19.1. The van der Waals surface area contributed by atoms with Crippen LogP contribution in [-0.2, 0) is 17.6 Å². The minimum absolute atomic E-state index is 0.0496. The summed E-state index contributed by atoms with van der Waals surface area (Å²) in [5.41, 5.74) is 2.26. The third-order valence-electron chi connectivity index (χ3n) is 7.04. The van der Waals surface area contributed by atoms with Gasteiger partial charge in [0.1, 0.15) is 11.3 Å². The number of methoxy groups -OCH3 is 3. The minimum Gasteiger partial charge on any atom is -0.491 e. The molecule has 0 unspecified atom stereocenters. The number of carbonyl (C=O) groups excluding carboxylic acids is 1. The molecule has 0 spiro atoms. The van der Waals surface area contributed by atoms with Crippen LogP contribution in [0, 0.1) is 18.6 Å².